The lowest BCUT2D eigenvalue weighted by Gasteiger charge is -2.18. The van der Waals surface area contributed by atoms with Crippen LogP contribution in [-0.2, 0) is 16.0 Å². The van der Waals surface area contributed by atoms with Crippen molar-refractivity contribution in [3.63, 3.8) is 0 Å². The Bertz CT molecular complexity index is 456. The molecular weight excluding hydrogens is 254 g/mol. The smallest absolute Gasteiger partial charge is 0.416 e. The first kappa shape index (κ1) is 16.0. The number of carbonyl (C=O) groups is 2. The molecule has 1 fully saturated rings. The lowest BCUT2D eigenvalue weighted by molar-refractivity contribution is -0.128. The van der Waals surface area contributed by atoms with Crippen molar-refractivity contribution in [3.8, 4) is 0 Å². The zero-order valence-corrected chi connectivity index (χ0v) is 12.0. The van der Waals surface area contributed by atoms with Gasteiger partial charge in [-0.1, -0.05) is 43.3 Å². The van der Waals surface area contributed by atoms with Gasteiger partial charge < -0.3 is 4.74 Å². The number of hydrogen-bond donors (Lipinski definition) is 0. The number of amides is 2. The number of carbonyl (C=O) groups excluding carboxylic acids is 2. The first-order valence-corrected chi connectivity index (χ1v) is 6.73. The molecule has 0 spiro atoms. The second-order valence-electron chi connectivity index (χ2n) is 4.45. The van der Waals surface area contributed by atoms with Crippen LogP contribution in [0, 0.1) is 0 Å². The summed E-state index contributed by atoms with van der Waals surface area (Å²) in [7, 11) is 0. The maximum absolute atomic E-state index is 11.7. The maximum Gasteiger partial charge on any atom is 0.416 e. The Kier molecular flexibility index (Phi) is 6.50. The highest BCUT2D eigenvalue weighted by Gasteiger charge is 2.36. The summed E-state index contributed by atoms with van der Waals surface area (Å²) in [4.78, 5) is 24.4. The third kappa shape index (κ3) is 4.23. The van der Waals surface area contributed by atoms with Crippen LogP contribution in [0.25, 0.3) is 0 Å². The second kappa shape index (κ2) is 8.15. The predicted molar refractivity (Wildman–Crippen MR) is 78.3 cm³/mol. The molecule has 1 atom stereocenters. The van der Waals surface area contributed by atoms with E-state index < -0.39 is 6.09 Å². The van der Waals surface area contributed by atoms with Gasteiger partial charge in [0.1, 0.15) is 6.61 Å². The van der Waals surface area contributed by atoms with Crippen LogP contribution >= 0.6 is 0 Å². The maximum atomic E-state index is 11.7. The van der Waals surface area contributed by atoms with Crippen LogP contribution in [0.1, 0.15) is 25.8 Å². The van der Waals surface area contributed by atoms with Crippen LogP contribution < -0.4 is 0 Å². The second-order valence-corrected chi connectivity index (χ2v) is 4.45. The Labute approximate surface area is 120 Å². The molecule has 0 bridgehead atoms. The topological polar surface area (TPSA) is 46.6 Å². The van der Waals surface area contributed by atoms with Crippen molar-refractivity contribution < 1.29 is 14.3 Å². The van der Waals surface area contributed by atoms with E-state index in [9.17, 15) is 9.59 Å². The molecule has 0 N–H and O–H groups in total. The van der Waals surface area contributed by atoms with E-state index in [0.29, 0.717) is 19.4 Å². The molecule has 2 amide bonds. The molecule has 1 aliphatic heterocycles. The number of cyclic esters (lactones) is 1. The van der Waals surface area contributed by atoms with Gasteiger partial charge in [-0.3, -0.25) is 4.79 Å². The van der Waals surface area contributed by atoms with Crippen molar-refractivity contribution in [3.05, 3.63) is 48.6 Å². The standard InChI is InChI=1S/C13H15NO3.C3H6/c1-2-12(15)14-11(9-17-13(14)16)8-10-6-4-3-5-7-10;1-3-2/h3-7,11H,2,8-9H2,1H3;3H,1H2,2H3. The minimum absolute atomic E-state index is 0.169. The van der Waals surface area contributed by atoms with E-state index in [4.69, 9.17) is 4.74 Å². The average Bonchev–Trinajstić information content (AvgIpc) is 2.81. The van der Waals surface area contributed by atoms with Crippen molar-refractivity contribution >= 4 is 12.0 Å². The SMILES string of the molecule is C=CC.CCC(=O)N1C(=O)OCC1Cc1ccccc1. The number of benzene rings is 1. The van der Waals surface area contributed by atoms with Gasteiger partial charge in [0.25, 0.3) is 0 Å². The first-order valence-electron chi connectivity index (χ1n) is 6.73. The summed E-state index contributed by atoms with van der Waals surface area (Å²) in [6, 6.07) is 9.62. The predicted octanol–water partition coefficient (Wildman–Crippen LogP) is 3.18. The summed E-state index contributed by atoms with van der Waals surface area (Å²) in [5, 5.41) is 0. The lowest BCUT2D eigenvalue weighted by atomic mass is 10.1. The molecule has 1 aliphatic rings. The molecule has 0 radical (unpaired) electrons. The quantitative estimate of drug-likeness (QED) is 0.796. The summed E-state index contributed by atoms with van der Waals surface area (Å²) < 4.78 is 4.94. The zero-order chi connectivity index (χ0) is 15.0. The molecule has 108 valence electrons. The zero-order valence-electron chi connectivity index (χ0n) is 12.0. The van der Waals surface area contributed by atoms with Crippen LogP contribution in [-0.4, -0.2) is 29.5 Å². The van der Waals surface area contributed by atoms with E-state index in [0.717, 1.165) is 5.56 Å². The monoisotopic (exact) mass is 275 g/mol. The fourth-order valence-corrected chi connectivity index (χ4v) is 1.97. The van der Waals surface area contributed by atoms with E-state index in [-0.39, 0.29) is 11.9 Å². The minimum Gasteiger partial charge on any atom is -0.447 e. The molecule has 1 unspecified atom stereocenters. The van der Waals surface area contributed by atoms with Gasteiger partial charge in [0.2, 0.25) is 5.91 Å². The van der Waals surface area contributed by atoms with Crippen LogP contribution in [0.4, 0.5) is 4.79 Å². The molecule has 4 nitrogen and oxygen atoms in total. The Morgan fingerprint density at radius 2 is 2.05 bits per heavy atom. The van der Waals surface area contributed by atoms with Crippen molar-refractivity contribution in [2.75, 3.05) is 6.61 Å². The number of imide groups is 1. The highest BCUT2D eigenvalue weighted by atomic mass is 16.6. The summed E-state index contributed by atoms with van der Waals surface area (Å²) in [6.45, 7) is 7.28. The summed E-state index contributed by atoms with van der Waals surface area (Å²) in [5.41, 5.74) is 1.10. The molecule has 0 aromatic heterocycles. The number of ether oxygens (including phenoxy) is 1. The van der Waals surface area contributed by atoms with Gasteiger partial charge in [-0.25, -0.2) is 9.69 Å². The summed E-state index contributed by atoms with van der Waals surface area (Å²) in [5.74, 6) is -0.173. The van der Waals surface area contributed by atoms with Crippen LogP contribution in [0.5, 0.6) is 0 Å². The van der Waals surface area contributed by atoms with Gasteiger partial charge in [0.15, 0.2) is 0 Å². The number of rotatable bonds is 3. The summed E-state index contributed by atoms with van der Waals surface area (Å²) in [6.07, 6.45) is 2.20. The largest absolute Gasteiger partial charge is 0.447 e. The molecule has 1 aromatic carbocycles. The molecule has 4 heteroatoms. The van der Waals surface area contributed by atoms with Crippen molar-refractivity contribution in [2.45, 2.75) is 32.7 Å². The van der Waals surface area contributed by atoms with Crippen molar-refractivity contribution in [1.29, 1.82) is 0 Å². The molecule has 1 heterocycles. The molecule has 0 saturated carbocycles. The first-order chi connectivity index (χ1) is 9.63. The molecule has 0 aliphatic carbocycles. The minimum atomic E-state index is -0.516. The van der Waals surface area contributed by atoms with Crippen LogP contribution in [0.3, 0.4) is 0 Å². The number of hydrogen-bond acceptors (Lipinski definition) is 3. The lowest BCUT2D eigenvalue weighted by Crippen LogP contribution is -2.39. The van der Waals surface area contributed by atoms with Gasteiger partial charge in [0.05, 0.1) is 6.04 Å². The van der Waals surface area contributed by atoms with Crippen molar-refractivity contribution in [2.24, 2.45) is 0 Å². The Hall–Kier alpha value is -2.10. The van der Waals surface area contributed by atoms with Gasteiger partial charge >= 0.3 is 6.09 Å². The third-order valence-electron chi connectivity index (χ3n) is 2.85. The van der Waals surface area contributed by atoms with Gasteiger partial charge in [-0.05, 0) is 18.9 Å². The fraction of sp³-hybridized carbons (Fsp3) is 0.375. The van der Waals surface area contributed by atoms with Gasteiger partial charge in [-0.15, -0.1) is 6.58 Å². The Balaban J connectivity index is 0.000000612. The van der Waals surface area contributed by atoms with Crippen LogP contribution in [0.15, 0.2) is 43.0 Å². The Morgan fingerprint density at radius 1 is 1.45 bits per heavy atom. The number of allylic oxidation sites excluding steroid dienone is 1. The molecule has 1 saturated heterocycles. The highest BCUT2D eigenvalue weighted by molar-refractivity contribution is 5.93. The van der Waals surface area contributed by atoms with E-state index in [1.165, 1.54) is 4.90 Å². The number of nitrogens with zero attached hydrogens (tertiary/aromatic N) is 1. The fourth-order valence-electron chi connectivity index (χ4n) is 1.97. The van der Waals surface area contributed by atoms with Gasteiger partial charge in [0, 0.05) is 6.42 Å². The van der Waals surface area contributed by atoms with Crippen LogP contribution in [0.2, 0.25) is 0 Å². The van der Waals surface area contributed by atoms with Crippen molar-refractivity contribution in [1.82, 2.24) is 4.90 Å². The Morgan fingerprint density at radius 3 is 2.60 bits per heavy atom. The van der Waals surface area contributed by atoms with Gasteiger partial charge in [-0.2, -0.15) is 0 Å². The normalized spacial score (nSPS) is 17.0. The molecule has 20 heavy (non-hydrogen) atoms. The highest BCUT2D eigenvalue weighted by Crippen LogP contribution is 2.18. The average molecular weight is 275 g/mol. The third-order valence-corrected chi connectivity index (χ3v) is 2.85. The summed E-state index contributed by atoms with van der Waals surface area (Å²) >= 11 is 0. The van der Waals surface area contributed by atoms with E-state index in [1.54, 1.807) is 13.0 Å². The van der Waals surface area contributed by atoms with E-state index >= 15 is 0 Å². The molecular formula is C16H21NO3. The molecule has 2 rings (SSSR count). The molecule has 1 aromatic rings. The van der Waals surface area contributed by atoms with E-state index in [2.05, 4.69) is 6.58 Å². The van der Waals surface area contributed by atoms with E-state index in [1.807, 2.05) is 37.3 Å².